The summed E-state index contributed by atoms with van der Waals surface area (Å²) in [6, 6.07) is 0. The third kappa shape index (κ3) is 3.65. The van der Waals surface area contributed by atoms with Crippen molar-refractivity contribution < 1.29 is 32.4 Å². The van der Waals surface area contributed by atoms with Gasteiger partial charge in [0.2, 0.25) is 5.88 Å². The monoisotopic (exact) mass is 392 g/mol. The summed E-state index contributed by atoms with van der Waals surface area (Å²) >= 11 is 1.29. The molecule has 19 heavy (non-hydrogen) atoms. The molecule has 0 aromatic carbocycles. The number of methoxy groups -OCH3 is 1. The van der Waals surface area contributed by atoms with Crippen LogP contribution in [0.4, 0.5) is 18.9 Å². The molecule has 0 N–H and O–H groups in total. The van der Waals surface area contributed by atoms with E-state index in [0.717, 1.165) is 7.11 Å². The number of pyridine rings is 1. The van der Waals surface area contributed by atoms with E-state index in [1.807, 2.05) is 0 Å². The standard InChI is InChI=1S/C8H4F3IN2O5/c1-18-7(15)4-3(14(16)17)2-13-6(5(4)12)19-8(9,10)11/h2H,1H3. The first-order valence-corrected chi connectivity index (χ1v) is 5.42. The maximum Gasteiger partial charge on any atom is 0.574 e. The Morgan fingerprint density at radius 3 is 2.53 bits per heavy atom. The van der Waals surface area contributed by atoms with Crippen LogP contribution in [0.1, 0.15) is 10.4 Å². The Bertz CT molecular complexity index is 534. The van der Waals surface area contributed by atoms with Crippen molar-refractivity contribution in [3.05, 3.63) is 25.4 Å². The molecular formula is C8H4F3IN2O5. The summed E-state index contributed by atoms with van der Waals surface area (Å²) in [7, 11) is 0.937. The highest BCUT2D eigenvalue weighted by Gasteiger charge is 2.36. The van der Waals surface area contributed by atoms with Crippen LogP contribution in [-0.2, 0) is 4.74 Å². The largest absolute Gasteiger partial charge is 0.574 e. The van der Waals surface area contributed by atoms with Crippen LogP contribution in [0.3, 0.4) is 0 Å². The number of nitro groups is 1. The van der Waals surface area contributed by atoms with Crippen molar-refractivity contribution in [2.75, 3.05) is 7.11 Å². The number of hydrogen-bond donors (Lipinski definition) is 0. The normalized spacial score (nSPS) is 11.0. The van der Waals surface area contributed by atoms with Gasteiger partial charge in [0, 0.05) is 0 Å². The predicted molar refractivity (Wildman–Crippen MR) is 61.6 cm³/mol. The van der Waals surface area contributed by atoms with E-state index in [0.29, 0.717) is 6.20 Å². The van der Waals surface area contributed by atoms with Crippen LogP contribution in [0.5, 0.6) is 5.88 Å². The number of ether oxygens (including phenoxy) is 2. The molecule has 0 bridgehead atoms. The van der Waals surface area contributed by atoms with E-state index in [1.165, 1.54) is 22.6 Å². The maximum atomic E-state index is 12.1. The second kappa shape index (κ2) is 5.54. The number of halogens is 4. The van der Waals surface area contributed by atoms with Crippen LogP contribution in [0.2, 0.25) is 0 Å². The second-order valence-electron chi connectivity index (χ2n) is 2.93. The van der Waals surface area contributed by atoms with Gasteiger partial charge in [-0.15, -0.1) is 13.2 Å². The summed E-state index contributed by atoms with van der Waals surface area (Å²) in [5.74, 6) is -2.12. The highest BCUT2D eigenvalue weighted by atomic mass is 127. The fourth-order valence-electron chi connectivity index (χ4n) is 1.08. The Hall–Kier alpha value is -1.66. The lowest BCUT2D eigenvalue weighted by molar-refractivity contribution is -0.385. The minimum Gasteiger partial charge on any atom is -0.465 e. The summed E-state index contributed by atoms with van der Waals surface area (Å²) in [6.45, 7) is 0. The fraction of sp³-hybridized carbons (Fsp3) is 0.250. The third-order valence-electron chi connectivity index (χ3n) is 1.77. The van der Waals surface area contributed by atoms with Crippen molar-refractivity contribution in [1.29, 1.82) is 0 Å². The molecule has 11 heteroatoms. The lowest BCUT2D eigenvalue weighted by Crippen LogP contribution is -2.20. The number of esters is 1. The van der Waals surface area contributed by atoms with Gasteiger partial charge in [0.15, 0.2) is 5.56 Å². The van der Waals surface area contributed by atoms with Crippen molar-refractivity contribution in [3.63, 3.8) is 0 Å². The van der Waals surface area contributed by atoms with Crippen LogP contribution in [-0.4, -0.2) is 29.3 Å². The van der Waals surface area contributed by atoms with Gasteiger partial charge < -0.3 is 9.47 Å². The van der Waals surface area contributed by atoms with Gasteiger partial charge in [0.25, 0.3) is 0 Å². The summed E-state index contributed by atoms with van der Waals surface area (Å²) in [4.78, 5) is 24.3. The zero-order valence-electron chi connectivity index (χ0n) is 9.02. The molecule has 1 heterocycles. The molecular weight excluding hydrogens is 388 g/mol. The fourth-order valence-corrected chi connectivity index (χ4v) is 1.82. The van der Waals surface area contributed by atoms with Crippen LogP contribution >= 0.6 is 22.6 Å². The third-order valence-corrected chi connectivity index (χ3v) is 2.77. The summed E-state index contributed by atoms with van der Waals surface area (Å²) < 4.78 is 43.6. The van der Waals surface area contributed by atoms with Crippen LogP contribution in [0.15, 0.2) is 6.20 Å². The molecule has 0 fully saturated rings. The average molecular weight is 392 g/mol. The number of rotatable bonds is 3. The summed E-state index contributed by atoms with van der Waals surface area (Å²) in [6.07, 6.45) is -4.54. The molecule has 0 aliphatic rings. The van der Waals surface area contributed by atoms with Crippen molar-refractivity contribution in [1.82, 2.24) is 4.98 Å². The van der Waals surface area contributed by atoms with Gasteiger partial charge in [0.1, 0.15) is 6.20 Å². The number of carbonyl (C=O) groups excluding carboxylic acids is 1. The van der Waals surface area contributed by atoms with E-state index in [4.69, 9.17) is 0 Å². The number of carbonyl (C=O) groups is 1. The van der Waals surface area contributed by atoms with Crippen molar-refractivity contribution in [2.24, 2.45) is 0 Å². The number of nitrogens with zero attached hydrogens (tertiary/aromatic N) is 2. The first-order valence-electron chi connectivity index (χ1n) is 4.34. The highest BCUT2D eigenvalue weighted by molar-refractivity contribution is 14.1. The van der Waals surface area contributed by atoms with E-state index in [-0.39, 0.29) is 0 Å². The molecule has 1 rings (SSSR count). The SMILES string of the molecule is COC(=O)c1c([N+](=O)[O-])cnc(OC(F)(F)F)c1I. The van der Waals surface area contributed by atoms with E-state index >= 15 is 0 Å². The molecule has 1 aromatic rings. The topological polar surface area (TPSA) is 91.6 Å². The van der Waals surface area contributed by atoms with Crippen LogP contribution in [0, 0.1) is 13.7 Å². The number of hydrogen-bond acceptors (Lipinski definition) is 6. The Morgan fingerprint density at radius 1 is 1.53 bits per heavy atom. The minimum absolute atomic E-state index is 0.462. The zero-order chi connectivity index (χ0) is 14.8. The lowest BCUT2D eigenvalue weighted by atomic mass is 10.2. The first kappa shape index (κ1) is 15.4. The molecule has 0 saturated heterocycles. The van der Waals surface area contributed by atoms with Gasteiger partial charge in [0.05, 0.1) is 15.6 Å². The van der Waals surface area contributed by atoms with Crippen molar-refractivity contribution in [2.45, 2.75) is 6.36 Å². The van der Waals surface area contributed by atoms with Gasteiger partial charge in [-0.1, -0.05) is 0 Å². The molecule has 0 aliphatic carbocycles. The number of alkyl halides is 3. The smallest absolute Gasteiger partial charge is 0.465 e. The molecule has 1 aromatic heterocycles. The molecule has 0 saturated carbocycles. The Labute approximate surface area is 117 Å². The zero-order valence-corrected chi connectivity index (χ0v) is 11.2. The Kier molecular flexibility index (Phi) is 4.49. The van der Waals surface area contributed by atoms with Gasteiger partial charge in [-0.3, -0.25) is 10.1 Å². The maximum absolute atomic E-state index is 12.1. The predicted octanol–water partition coefficient (Wildman–Crippen LogP) is 2.28. The lowest BCUT2D eigenvalue weighted by Gasteiger charge is -2.11. The Balaban J connectivity index is 3.42. The molecule has 7 nitrogen and oxygen atoms in total. The summed E-state index contributed by atoms with van der Waals surface area (Å²) in [5.41, 5.74) is -1.42. The van der Waals surface area contributed by atoms with E-state index in [2.05, 4.69) is 14.5 Å². The van der Waals surface area contributed by atoms with Gasteiger partial charge in [-0.2, -0.15) is 0 Å². The second-order valence-corrected chi connectivity index (χ2v) is 4.01. The highest BCUT2D eigenvalue weighted by Crippen LogP contribution is 2.32. The summed E-state index contributed by atoms with van der Waals surface area (Å²) in [5, 5.41) is 10.7. The van der Waals surface area contributed by atoms with Crippen molar-refractivity contribution in [3.8, 4) is 5.88 Å². The minimum atomic E-state index is -5.03. The van der Waals surface area contributed by atoms with Crippen molar-refractivity contribution >= 4 is 34.2 Å². The first-order chi connectivity index (χ1) is 8.67. The van der Waals surface area contributed by atoms with E-state index in [1.54, 1.807) is 0 Å². The molecule has 104 valence electrons. The molecule has 0 radical (unpaired) electrons. The average Bonchev–Trinajstić information content (AvgIpc) is 2.28. The Morgan fingerprint density at radius 2 is 2.11 bits per heavy atom. The van der Waals surface area contributed by atoms with E-state index < -0.39 is 38.0 Å². The number of aromatic nitrogens is 1. The molecule has 0 atom stereocenters. The van der Waals surface area contributed by atoms with Gasteiger partial charge in [-0.05, 0) is 22.6 Å². The van der Waals surface area contributed by atoms with Gasteiger partial charge >= 0.3 is 18.0 Å². The quantitative estimate of drug-likeness (QED) is 0.339. The molecule has 0 amide bonds. The van der Waals surface area contributed by atoms with Crippen LogP contribution in [0.25, 0.3) is 0 Å². The molecule has 0 unspecified atom stereocenters. The molecule has 0 spiro atoms. The van der Waals surface area contributed by atoms with Crippen LogP contribution < -0.4 is 4.74 Å². The van der Waals surface area contributed by atoms with E-state index in [9.17, 15) is 28.1 Å². The molecule has 0 aliphatic heterocycles. The van der Waals surface area contributed by atoms with Gasteiger partial charge in [-0.25, -0.2) is 9.78 Å².